The van der Waals surface area contributed by atoms with E-state index in [1.54, 1.807) is 6.92 Å². The van der Waals surface area contributed by atoms with Crippen molar-refractivity contribution in [3.63, 3.8) is 0 Å². The molecule has 0 saturated carbocycles. The van der Waals surface area contributed by atoms with Crippen molar-refractivity contribution in [2.75, 3.05) is 5.73 Å². The van der Waals surface area contributed by atoms with Crippen LogP contribution in [0, 0.1) is 6.92 Å². The van der Waals surface area contributed by atoms with Gasteiger partial charge in [-0.25, -0.2) is 0 Å². The van der Waals surface area contributed by atoms with Crippen LogP contribution in [-0.2, 0) is 0 Å². The fraction of sp³-hybridized carbons (Fsp3) is 0.167. The third-order valence-electron chi connectivity index (χ3n) is 1.25. The molecular weight excluding hydrogens is 132 g/mol. The molecule has 0 bridgehead atoms. The molecule has 54 valence electrons. The highest BCUT2D eigenvalue weighted by atomic mass is 16.3. The maximum atomic E-state index is 10.6. The number of primary amides is 1. The van der Waals surface area contributed by atoms with Gasteiger partial charge in [-0.15, -0.1) is 0 Å². The zero-order valence-electron chi connectivity index (χ0n) is 5.55. The number of nitrogens with two attached hydrogens (primary N) is 2. The van der Waals surface area contributed by atoms with E-state index in [2.05, 4.69) is 0 Å². The van der Waals surface area contributed by atoms with Gasteiger partial charge in [-0.3, -0.25) is 4.79 Å². The van der Waals surface area contributed by atoms with Gasteiger partial charge >= 0.3 is 0 Å². The van der Waals surface area contributed by atoms with E-state index >= 15 is 0 Å². The van der Waals surface area contributed by atoms with Gasteiger partial charge in [0.25, 0.3) is 5.91 Å². The summed E-state index contributed by atoms with van der Waals surface area (Å²) in [6.07, 6.45) is 1.40. The lowest BCUT2D eigenvalue weighted by Gasteiger charge is -1.90. The average molecular weight is 140 g/mol. The Balaban J connectivity index is 3.23. The number of anilines is 1. The first-order chi connectivity index (χ1) is 4.63. The van der Waals surface area contributed by atoms with Gasteiger partial charge in [0.05, 0.1) is 6.26 Å². The van der Waals surface area contributed by atoms with Crippen molar-refractivity contribution in [2.45, 2.75) is 6.92 Å². The van der Waals surface area contributed by atoms with Crippen LogP contribution in [0.1, 0.15) is 15.9 Å². The second-order valence-corrected chi connectivity index (χ2v) is 2.02. The van der Waals surface area contributed by atoms with Gasteiger partial charge in [0.1, 0.15) is 5.56 Å². The number of carbonyl (C=O) groups is 1. The Kier molecular flexibility index (Phi) is 1.37. The fourth-order valence-electron chi connectivity index (χ4n) is 0.780. The van der Waals surface area contributed by atoms with Crippen molar-refractivity contribution in [1.29, 1.82) is 0 Å². The molecule has 0 aliphatic heterocycles. The summed E-state index contributed by atoms with van der Waals surface area (Å²) < 4.78 is 4.73. The SMILES string of the molecule is Cc1coc(N)c1C(N)=O. The maximum Gasteiger partial charge on any atom is 0.254 e. The third kappa shape index (κ3) is 0.834. The number of amides is 1. The standard InChI is InChI=1S/C6H8N2O2/c1-3-2-10-6(8)4(3)5(7)9/h2H,8H2,1H3,(H2,7,9). The number of furan rings is 1. The predicted molar refractivity (Wildman–Crippen MR) is 36.4 cm³/mol. The van der Waals surface area contributed by atoms with E-state index in [1.165, 1.54) is 6.26 Å². The van der Waals surface area contributed by atoms with E-state index in [0.29, 0.717) is 5.56 Å². The molecule has 0 saturated heterocycles. The summed E-state index contributed by atoms with van der Waals surface area (Å²) >= 11 is 0. The number of aryl methyl sites for hydroxylation is 1. The van der Waals surface area contributed by atoms with E-state index < -0.39 is 5.91 Å². The molecule has 0 radical (unpaired) electrons. The molecule has 0 atom stereocenters. The van der Waals surface area contributed by atoms with E-state index in [9.17, 15) is 4.79 Å². The van der Waals surface area contributed by atoms with Gasteiger partial charge in [0.15, 0.2) is 0 Å². The summed E-state index contributed by atoms with van der Waals surface area (Å²) in [4.78, 5) is 10.6. The Hall–Kier alpha value is -1.45. The quantitative estimate of drug-likeness (QED) is 0.587. The molecule has 4 N–H and O–H groups in total. The number of hydrogen-bond donors (Lipinski definition) is 2. The van der Waals surface area contributed by atoms with Crippen LogP contribution in [0.25, 0.3) is 0 Å². The molecule has 0 aliphatic carbocycles. The second kappa shape index (κ2) is 2.06. The summed E-state index contributed by atoms with van der Waals surface area (Å²) in [6.45, 7) is 1.71. The van der Waals surface area contributed by atoms with Crippen molar-refractivity contribution in [1.82, 2.24) is 0 Å². The Labute approximate surface area is 57.8 Å². The van der Waals surface area contributed by atoms with Crippen molar-refractivity contribution >= 4 is 11.8 Å². The molecule has 1 rings (SSSR count). The first kappa shape index (κ1) is 6.67. The molecule has 4 heteroatoms. The Morgan fingerprint density at radius 2 is 2.30 bits per heavy atom. The lowest BCUT2D eigenvalue weighted by molar-refractivity contribution is 0.100. The Morgan fingerprint density at radius 1 is 1.70 bits per heavy atom. The molecule has 10 heavy (non-hydrogen) atoms. The van der Waals surface area contributed by atoms with Gasteiger partial charge in [-0.2, -0.15) is 0 Å². The van der Waals surface area contributed by atoms with Crippen molar-refractivity contribution in [3.8, 4) is 0 Å². The minimum Gasteiger partial charge on any atom is -0.448 e. The maximum absolute atomic E-state index is 10.6. The smallest absolute Gasteiger partial charge is 0.254 e. The monoisotopic (exact) mass is 140 g/mol. The highest BCUT2D eigenvalue weighted by Crippen LogP contribution is 2.16. The highest BCUT2D eigenvalue weighted by molar-refractivity contribution is 5.98. The first-order valence-electron chi connectivity index (χ1n) is 2.76. The second-order valence-electron chi connectivity index (χ2n) is 2.02. The highest BCUT2D eigenvalue weighted by Gasteiger charge is 2.12. The fourth-order valence-corrected chi connectivity index (χ4v) is 0.780. The lowest BCUT2D eigenvalue weighted by Crippen LogP contribution is -2.12. The van der Waals surface area contributed by atoms with E-state index in [-0.39, 0.29) is 11.4 Å². The van der Waals surface area contributed by atoms with Crippen LogP contribution >= 0.6 is 0 Å². The summed E-state index contributed by atoms with van der Waals surface area (Å²) in [5.74, 6) is -0.464. The summed E-state index contributed by atoms with van der Waals surface area (Å²) in [7, 11) is 0. The zero-order chi connectivity index (χ0) is 7.72. The van der Waals surface area contributed by atoms with E-state index in [0.717, 1.165) is 0 Å². The average Bonchev–Trinajstić information content (AvgIpc) is 2.11. The van der Waals surface area contributed by atoms with Gasteiger partial charge in [0, 0.05) is 5.56 Å². The number of rotatable bonds is 1. The van der Waals surface area contributed by atoms with Crippen LogP contribution in [0.15, 0.2) is 10.7 Å². The normalized spacial score (nSPS) is 9.70. The van der Waals surface area contributed by atoms with E-state index in [4.69, 9.17) is 15.9 Å². The topological polar surface area (TPSA) is 82.2 Å². The lowest BCUT2D eigenvalue weighted by atomic mass is 10.2. The molecule has 0 spiro atoms. The number of carbonyl (C=O) groups excluding carboxylic acids is 1. The molecule has 0 fully saturated rings. The van der Waals surface area contributed by atoms with Crippen LogP contribution in [0.4, 0.5) is 5.88 Å². The van der Waals surface area contributed by atoms with Crippen molar-refractivity contribution < 1.29 is 9.21 Å². The van der Waals surface area contributed by atoms with Gasteiger partial charge in [-0.05, 0) is 6.92 Å². The molecule has 1 amide bonds. The first-order valence-corrected chi connectivity index (χ1v) is 2.76. The minimum absolute atomic E-state index is 0.0880. The van der Waals surface area contributed by atoms with Crippen molar-refractivity contribution in [2.24, 2.45) is 5.73 Å². The molecule has 4 nitrogen and oxygen atoms in total. The molecule has 1 aromatic heterocycles. The molecule has 0 unspecified atom stereocenters. The zero-order valence-corrected chi connectivity index (χ0v) is 5.55. The number of hydrogen-bond acceptors (Lipinski definition) is 3. The molecule has 0 aliphatic rings. The minimum atomic E-state index is -0.552. The van der Waals surface area contributed by atoms with Crippen molar-refractivity contribution in [3.05, 3.63) is 17.4 Å². The van der Waals surface area contributed by atoms with Crippen LogP contribution in [0.2, 0.25) is 0 Å². The number of nitrogen functional groups attached to an aromatic ring is 1. The Bertz CT molecular complexity index is 245. The van der Waals surface area contributed by atoms with E-state index in [1.807, 2.05) is 0 Å². The van der Waals surface area contributed by atoms with Gasteiger partial charge < -0.3 is 15.9 Å². The third-order valence-corrected chi connectivity index (χ3v) is 1.25. The van der Waals surface area contributed by atoms with Crippen LogP contribution < -0.4 is 11.5 Å². The predicted octanol–water partition coefficient (Wildman–Crippen LogP) is 0.269. The molecule has 0 aromatic carbocycles. The van der Waals surface area contributed by atoms with Crippen LogP contribution in [0.3, 0.4) is 0 Å². The van der Waals surface area contributed by atoms with Crippen LogP contribution in [0.5, 0.6) is 0 Å². The molecule has 1 heterocycles. The Morgan fingerprint density at radius 3 is 2.50 bits per heavy atom. The summed E-state index contributed by atoms with van der Waals surface area (Å²) in [6, 6.07) is 0. The van der Waals surface area contributed by atoms with Gasteiger partial charge in [0.2, 0.25) is 5.88 Å². The molecule has 1 aromatic rings. The molecular formula is C6H8N2O2. The van der Waals surface area contributed by atoms with Gasteiger partial charge in [-0.1, -0.05) is 0 Å². The summed E-state index contributed by atoms with van der Waals surface area (Å²) in [5.41, 5.74) is 11.2. The van der Waals surface area contributed by atoms with Crippen LogP contribution in [-0.4, -0.2) is 5.91 Å². The largest absolute Gasteiger partial charge is 0.448 e. The summed E-state index contributed by atoms with van der Waals surface area (Å²) in [5, 5.41) is 0.